The van der Waals surface area contributed by atoms with Crippen LogP contribution in [0.3, 0.4) is 0 Å². The predicted molar refractivity (Wildman–Crippen MR) is 114 cm³/mol. The van der Waals surface area contributed by atoms with Gasteiger partial charge in [0.25, 0.3) is 0 Å². The molecule has 0 spiro atoms. The highest BCUT2D eigenvalue weighted by Crippen LogP contribution is 2.32. The smallest absolute Gasteiger partial charge is 0.321 e. The average molecular weight is 416 g/mol. The highest BCUT2D eigenvalue weighted by atomic mass is 35.5. The molecule has 3 amide bonds. The first-order valence-electron chi connectivity index (χ1n) is 9.63. The van der Waals surface area contributed by atoms with E-state index in [1.165, 1.54) is 7.11 Å². The second-order valence-electron chi connectivity index (χ2n) is 7.53. The minimum atomic E-state index is -0.636. The summed E-state index contributed by atoms with van der Waals surface area (Å²) in [5, 5.41) is 6.37. The van der Waals surface area contributed by atoms with Crippen LogP contribution < -0.4 is 15.4 Å². The molecule has 1 atom stereocenters. The van der Waals surface area contributed by atoms with Gasteiger partial charge in [-0.3, -0.25) is 4.79 Å². The average Bonchev–Trinajstić information content (AvgIpc) is 2.73. The number of carbonyl (C=O) groups is 2. The molecule has 3 rings (SSSR count). The lowest BCUT2D eigenvalue weighted by molar-refractivity contribution is -0.132. The zero-order valence-corrected chi connectivity index (χ0v) is 17.5. The third-order valence-electron chi connectivity index (χ3n) is 5.23. The predicted octanol–water partition coefficient (Wildman–Crippen LogP) is 4.30. The van der Waals surface area contributed by atoms with Crippen molar-refractivity contribution >= 4 is 29.2 Å². The largest absolute Gasteiger partial charge is 0.495 e. The maximum absolute atomic E-state index is 12.9. The van der Waals surface area contributed by atoms with Crippen LogP contribution in [0.5, 0.6) is 5.75 Å². The lowest BCUT2D eigenvalue weighted by atomic mass is 9.81. The molecule has 1 saturated heterocycles. The van der Waals surface area contributed by atoms with Crippen molar-refractivity contribution in [2.75, 3.05) is 25.5 Å². The fourth-order valence-corrected chi connectivity index (χ4v) is 3.73. The van der Waals surface area contributed by atoms with E-state index in [0.29, 0.717) is 36.1 Å². The normalized spacial score (nSPS) is 18.8. The van der Waals surface area contributed by atoms with Crippen molar-refractivity contribution in [2.24, 2.45) is 5.41 Å². The summed E-state index contributed by atoms with van der Waals surface area (Å²) < 4.78 is 5.29. The number of benzene rings is 2. The van der Waals surface area contributed by atoms with Gasteiger partial charge in [-0.15, -0.1) is 0 Å². The molecule has 6 nitrogen and oxygen atoms in total. The number of halogens is 1. The number of anilines is 1. The molecule has 7 heteroatoms. The molecule has 0 aliphatic carbocycles. The van der Waals surface area contributed by atoms with Crippen LogP contribution in [0.1, 0.15) is 25.3 Å². The number of urea groups is 1. The molecular weight excluding hydrogens is 390 g/mol. The minimum Gasteiger partial charge on any atom is -0.495 e. The Morgan fingerprint density at radius 1 is 1.21 bits per heavy atom. The number of likely N-dealkylation sites (tertiary alicyclic amines) is 1. The Kier molecular flexibility index (Phi) is 6.64. The summed E-state index contributed by atoms with van der Waals surface area (Å²) in [4.78, 5) is 27.4. The van der Waals surface area contributed by atoms with Crippen molar-refractivity contribution in [2.45, 2.75) is 26.3 Å². The topological polar surface area (TPSA) is 70.7 Å². The van der Waals surface area contributed by atoms with Gasteiger partial charge in [-0.25, -0.2) is 4.79 Å². The SMILES string of the molecule is COc1ccc(Cl)cc1NC(=O)N1CCC[C@](C)(C(=O)NCc2ccccc2)C1. The van der Waals surface area contributed by atoms with E-state index in [9.17, 15) is 9.59 Å². The van der Waals surface area contributed by atoms with Gasteiger partial charge in [0.15, 0.2) is 0 Å². The van der Waals surface area contributed by atoms with Gasteiger partial charge < -0.3 is 20.3 Å². The van der Waals surface area contributed by atoms with Crippen molar-refractivity contribution in [1.82, 2.24) is 10.2 Å². The fraction of sp³-hybridized carbons (Fsp3) is 0.364. The zero-order chi connectivity index (χ0) is 20.9. The summed E-state index contributed by atoms with van der Waals surface area (Å²) in [5.74, 6) is 0.488. The highest BCUT2D eigenvalue weighted by molar-refractivity contribution is 6.31. The molecule has 0 unspecified atom stereocenters. The van der Waals surface area contributed by atoms with Crippen molar-refractivity contribution < 1.29 is 14.3 Å². The van der Waals surface area contributed by atoms with Crippen molar-refractivity contribution in [1.29, 1.82) is 0 Å². The van der Waals surface area contributed by atoms with Crippen molar-refractivity contribution in [3.05, 3.63) is 59.1 Å². The Morgan fingerprint density at radius 2 is 1.97 bits per heavy atom. The molecule has 2 aromatic rings. The van der Waals surface area contributed by atoms with Gasteiger partial charge in [0.2, 0.25) is 5.91 Å². The van der Waals surface area contributed by atoms with Crippen LogP contribution in [0.25, 0.3) is 0 Å². The number of rotatable bonds is 5. The first-order valence-corrected chi connectivity index (χ1v) is 10.0. The van der Waals surface area contributed by atoms with Crippen LogP contribution in [0.4, 0.5) is 10.5 Å². The number of ether oxygens (including phenoxy) is 1. The van der Waals surface area contributed by atoms with Gasteiger partial charge in [-0.1, -0.05) is 41.9 Å². The van der Waals surface area contributed by atoms with Crippen LogP contribution in [0, 0.1) is 5.41 Å². The Hall–Kier alpha value is -2.73. The maximum atomic E-state index is 12.9. The highest BCUT2D eigenvalue weighted by Gasteiger charge is 2.39. The molecular formula is C22H26ClN3O3. The third-order valence-corrected chi connectivity index (χ3v) is 5.47. The monoisotopic (exact) mass is 415 g/mol. The van der Waals surface area contributed by atoms with E-state index >= 15 is 0 Å². The lowest BCUT2D eigenvalue weighted by Crippen LogP contribution is -2.52. The van der Waals surface area contributed by atoms with Crippen LogP contribution in [-0.2, 0) is 11.3 Å². The Balaban J connectivity index is 1.63. The molecule has 0 aromatic heterocycles. The molecule has 2 aromatic carbocycles. The molecule has 0 radical (unpaired) electrons. The summed E-state index contributed by atoms with van der Waals surface area (Å²) in [6.45, 7) is 3.33. The van der Waals surface area contributed by atoms with E-state index < -0.39 is 5.41 Å². The van der Waals surface area contributed by atoms with Gasteiger partial charge in [-0.05, 0) is 43.5 Å². The minimum absolute atomic E-state index is 0.0424. The number of nitrogens with zero attached hydrogens (tertiary/aromatic N) is 1. The number of piperidine rings is 1. The van der Waals surface area contributed by atoms with Crippen molar-refractivity contribution in [3.8, 4) is 5.75 Å². The van der Waals surface area contributed by atoms with Crippen LogP contribution >= 0.6 is 11.6 Å². The number of carbonyl (C=O) groups excluding carboxylic acids is 2. The van der Waals surface area contributed by atoms with E-state index in [0.717, 1.165) is 18.4 Å². The summed E-state index contributed by atoms with van der Waals surface area (Å²) in [5.41, 5.74) is 0.914. The molecule has 1 aliphatic rings. The maximum Gasteiger partial charge on any atom is 0.321 e. The van der Waals surface area contributed by atoms with E-state index in [1.54, 1.807) is 23.1 Å². The lowest BCUT2D eigenvalue weighted by Gasteiger charge is -2.39. The second kappa shape index (κ2) is 9.18. The summed E-state index contributed by atoms with van der Waals surface area (Å²) in [6, 6.07) is 14.6. The molecule has 1 heterocycles. The van der Waals surface area contributed by atoms with E-state index in [-0.39, 0.29) is 11.9 Å². The first-order chi connectivity index (χ1) is 13.9. The Bertz CT molecular complexity index is 875. The van der Waals surface area contributed by atoms with Crippen LogP contribution in [0.15, 0.2) is 48.5 Å². The number of amides is 3. The Labute approximate surface area is 176 Å². The molecule has 0 saturated carbocycles. The summed E-state index contributed by atoms with van der Waals surface area (Å²) >= 11 is 6.04. The third kappa shape index (κ3) is 5.21. The van der Waals surface area contributed by atoms with Gasteiger partial charge in [0.05, 0.1) is 18.2 Å². The van der Waals surface area contributed by atoms with E-state index in [1.807, 2.05) is 37.3 Å². The molecule has 0 bridgehead atoms. The van der Waals surface area contributed by atoms with Crippen molar-refractivity contribution in [3.63, 3.8) is 0 Å². The zero-order valence-electron chi connectivity index (χ0n) is 16.7. The summed E-state index contributed by atoms with van der Waals surface area (Å²) in [7, 11) is 1.54. The van der Waals surface area contributed by atoms with Gasteiger partial charge in [-0.2, -0.15) is 0 Å². The quantitative estimate of drug-likeness (QED) is 0.764. The van der Waals surface area contributed by atoms with E-state index in [2.05, 4.69) is 10.6 Å². The molecule has 154 valence electrons. The standard InChI is InChI=1S/C22H26ClN3O3/c1-22(20(27)24-14-16-7-4-3-5-8-16)11-6-12-26(15-22)21(28)25-18-13-17(23)9-10-19(18)29-2/h3-5,7-10,13H,6,11-12,14-15H2,1-2H3,(H,24,27)(H,25,28)/t22-/m0/s1. The number of methoxy groups -OCH3 is 1. The Morgan fingerprint density at radius 3 is 2.69 bits per heavy atom. The van der Waals surface area contributed by atoms with Gasteiger partial charge >= 0.3 is 6.03 Å². The van der Waals surface area contributed by atoms with Crippen LogP contribution in [0.2, 0.25) is 5.02 Å². The number of nitrogens with one attached hydrogen (secondary N) is 2. The first kappa shape index (κ1) is 21.0. The van der Waals surface area contributed by atoms with E-state index in [4.69, 9.17) is 16.3 Å². The van der Waals surface area contributed by atoms with Gasteiger partial charge in [0, 0.05) is 24.7 Å². The molecule has 2 N–H and O–H groups in total. The second-order valence-corrected chi connectivity index (χ2v) is 7.97. The molecule has 1 fully saturated rings. The number of hydrogen-bond donors (Lipinski definition) is 2. The molecule has 1 aliphatic heterocycles. The van der Waals surface area contributed by atoms with Crippen LogP contribution in [-0.4, -0.2) is 37.0 Å². The number of hydrogen-bond acceptors (Lipinski definition) is 3. The summed E-state index contributed by atoms with van der Waals surface area (Å²) in [6.07, 6.45) is 1.49. The molecule has 29 heavy (non-hydrogen) atoms. The van der Waals surface area contributed by atoms with Gasteiger partial charge in [0.1, 0.15) is 5.75 Å². The fourth-order valence-electron chi connectivity index (χ4n) is 3.56.